The van der Waals surface area contributed by atoms with Crippen LogP contribution in [0.4, 0.5) is 5.13 Å². The lowest BCUT2D eigenvalue weighted by Gasteiger charge is -2.00. The molecule has 0 radical (unpaired) electrons. The predicted octanol–water partition coefficient (Wildman–Crippen LogP) is 4.27. The second kappa shape index (κ2) is 7.94. The highest BCUT2D eigenvalue weighted by Gasteiger charge is 2.21. The number of sulfone groups is 1. The molecule has 148 valence electrons. The third kappa shape index (κ3) is 3.87. The van der Waals surface area contributed by atoms with Gasteiger partial charge in [-0.15, -0.1) is 0 Å². The van der Waals surface area contributed by atoms with Crippen molar-refractivity contribution in [2.75, 3.05) is 5.32 Å². The van der Waals surface area contributed by atoms with E-state index in [1.54, 1.807) is 24.3 Å². The summed E-state index contributed by atoms with van der Waals surface area (Å²) in [6.07, 6.45) is 1.19. The largest absolute Gasteiger partial charge is 0.445 e. The summed E-state index contributed by atoms with van der Waals surface area (Å²) in [4.78, 5) is 16.8. The Kier molecular flexibility index (Phi) is 5.18. The summed E-state index contributed by atoms with van der Waals surface area (Å²) in [7, 11) is -3.83. The number of benzene rings is 2. The maximum Gasteiger partial charge on any atom is 0.268 e. The Labute approximate surface area is 175 Å². The van der Waals surface area contributed by atoms with E-state index in [1.807, 2.05) is 24.3 Å². The number of fused-ring (bicyclic) bond motifs is 1. The fourth-order valence-corrected chi connectivity index (χ4v) is 4.71. The van der Waals surface area contributed by atoms with Gasteiger partial charge in [0.1, 0.15) is 17.4 Å². The van der Waals surface area contributed by atoms with Gasteiger partial charge in [-0.3, -0.25) is 10.1 Å². The van der Waals surface area contributed by atoms with Crippen LogP contribution in [0.1, 0.15) is 5.76 Å². The van der Waals surface area contributed by atoms with E-state index in [2.05, 4.69) is 10.3 Å². The van der Waals surface area contributed by atoms with Gasteiger partial charge in [-0.2, -0.15) is 5.26 Å². The molecular weight excluding hydrogens is 422 g/mol. The van der Waals surface area contributed by atoms with Crippen molar-refractivity contribution >= 4 is 48.5 Å². The van der Waals surface area contributed by atoms with E-state index >= 15 is 0 Å². The summed E-state index contributed by atoms with van der Waals surface area (Å²) in [5.74, 6) is -0.596. The van der Waals surface area contributed by atoms with Crippen LogP contribution in [0.15, 0.2) is 86.7 Å². The molecule has 0 aliphatic rings. The number of carbonyl (C=O) groups is 1. The van der Waals surface area contributed by atoms with E-state index in [0.29, 0.717) is 5.13 Å². The summed E-state index contributed by atoms with van der Waals surface area (Å²) in [5, 5.41) is 12.0. The smallest absolute Gasteiger partial charge is 0.268 e. The average Bonchev–Trinajstić information content (AvgIpc) is 3.39. The molecule has 7 nitrogen and oxygen atoms in total. The maximum atomic E-state index is 12.6. The number of aromatic nitrogens is 1. The van der Waals surface area contributed by atoms with Gasteiger partial charge in [0.2, 0.25) is 14.9 Å². The molecule has 0 spiro atoms. The van der Waals surface area contributed by atoms with Gasteiger partial charge in [0.25, 0.3) is 5.91 Å². The molecular formula is C21H13N3O4S2. The fraction of sp³-hybridized carbons (Fsp3) is 0. The van der Waals surface area contributed by atoms with E-state index in [9.17, 15) is 18.5 Å². The van der Waals surface area contributed by atoms with Gasteiger partial charge in [-0.1, -0.05) is 41.7 Å². The number of amides is 1. The minimum absolute atomic E-state index is 0.0699. The topological polar surface area (TPSA) is 113 Å². The molecule has 30 heavy (non-hydrogen) atoms. The molecule has 2 aromatic carbocycles. The SMILES string of the molecule is N#C/C(=C/c1ccc(S(=O)(=O)c2ccccc2)o1)C(=O)Nc1nc2ccccc2s1. The Bertz CT molecular complexity index is 1380. The lowest BCUT2D eigenvalue weighted by molar-refractivity contribution is -0.112. The number of furan rings is 1. The van der Waals surface area contributed by atoms with Gasteiger partial charge < -0.3 is 4.42 Å². The Morgan fingerprint density at radius 2 is 1.80 bits per heavy atom. The van der Waals surface area contributed by atoms with Crippen LogP contribution in [0.25, 0.3) is 16.3 Å². The number of rotatable bonds is 5. The van der Waals surface area contributed by atoms with E-state index in [-0.39, 0.29) is 21.3 Å². The number of hydrogen-bond donors (Lipinski definition) is 1. The number of nitrogens with zero attached hydrogens (tertiary/aromatic N) is 2. The fourth-order valence-electron chi connectivity index (χ4n) is 2.65. The van der Waals surface area contributed by atoms with E-state index in [1.165, 1.54) is 41.7 Å². The van der Waals surface area contributed by atoms with E-state index in [4.69, 9.17) is 4.42 Å². The van der Waals surface area contributed by atoms with Gasteiger partial charge in [0.05, 0.1) is 15.1 Å². The van der Waals surface area contributed by atoms with Crippen LogP contribution >= 0.6 is 11.3 Å². The number of nitrogens with one attached hydrogen (secondary N) is 1. The molecule has 2 heterocycles. The van der Waals surface area contributed by atoms with Crippen LogP contribution in [0.5, 0.6) is 0 Å². The summed E-state index contributed by atoms with van der Waals surface area (Å²) in [6.45, 7) is 0. The number of carbonyl (C=O) groups excluding carboxylic acids is 1. The molecule has 0 bridgehead atoms. The first-order chi connectivity index (χ1) is 14.5. The highest BCUT2D eigenvalue weighted by molar-refractivity contribution is 7.91. The molecule has 0 unspecified atom stereocenters. The summed E-state index contributed by atoms with van der Waals surface area (Å²) in [5.41, 5.74) is 0.495. The third-order valence-electron chi connectivity index (χ3n) is 4.09. The van der Waals surface area contributed by atoms with Crippen molar-refractivity contribution in [2.24, 2.45) is 0 Å². The normalized spacial score (nSPS) is 11.9. The van der Waals surface area contributed by atoms with Crippen LogP contribution in [-0.2, 0) is 14.6 Å². The molecule has 2 aromatic heterocycles. The second-order valence-electron chi connectivity index (χ2n) is 6.08. The van der Waals surface area contributed by atoms with Crippen LogP contribution in [-0.4, -0.2) is 19.3 Å². The first-order valence-corrected chi connectivity index (χ1v) is 11.0. The summed E-state index contributed by atoms with van der Waals surface area (Å²) in [6, 6.07) is 19.7. The van der Waals surface area contributed by atoms with Gasteiger partial charge in [0.15, 0.2) is 5.13 Å². The second-order valence-corrected chi connectivity index (χ2v) is 9.00. The predicted molar refractivity (Wildman–Crippen MR) is 112 cm³/mol. The summed E-state index contributed by atoms with van der Waals surface area (Å²) >= 11 is 1.28. The maximum absolute atomic E-state index is 12.6. The number of hydrogen-bond acceptors (Lipinski definition) is 7. The molecule has 1 amide bonds. The standard InChI is InChI=1S/C21H13N3O4S2/c22-13-14(20(25)24-21-23-17-8-4-5-9-18(17)29-21)12-15-10-11-19(28-15)30(26,27)16-6-2-1-3-7-16/h1-12H,(H,23,24,25)/b14-12-. The number of para-hydroxylation sites is 1. The Balaban J connectivity index is 1.57. The minimum atomic E-state index is -3.83. The lowest BCUT2D eigenvalue weighted by atomic mass is 10.2. The van der Waals surface area contributed by atoms with Crippen molar-refractivity contribution < 1.29 is 17.6 Å². The van der Waals surface area contributed by atoms with Crippen LogP contribution in [0, 0.1) is 11.3 Å². The number of anilines is 1. The molecule has 1 N–H and O–H groups in total. The first kappa shape index (κ1) is 19.6. The molecule has 0 fully saturated rings. The Morgan fingerprint density at radius 1 is 1.07 bits per heavy atom. The minimum Gasteiger partial charge on any atom is -0.445 e. The summed E-state index contributed by atoms with van der Waals surface area (Å²) < 4.78 is 31.5. The molecule has 0 aliphatic heterocycles. The van der Waals surface area contributed by atoms with Crippen molar-refractivity contribution in [3.05, 3.63) is 78.1 Å². The molecule has 0 aliphatic carbocycles. The first-order valence-electron chi connectivity index (χ1n) is 8.66. The highest BCUT2D eigenvalue weighted by atomic mass is 32.2. The molecule has 0 atom stereocenters. The Hall–Kier alpha value is -3.74. The molecule has 0 saturated carbocycles. The van der Waals surface area contributed by atoms with Crippen molar-refractivity contribution in [3.8, 4) is 6.07 Å². The van der Waals surface area contributed by atoms with E-state index < -0.39 is 15.7 Å². The molecule has 9 heteroatoms. The van der Waals surface area contributed by atoms with Crippen molar-refractivity contribution in [2.45, 2.75) is 9.99 Å². The third-order valence-corrected chi connectivity index (χ3v) is 6.68. The van der Waals surface area contributed by atoms with Crippen LogP contribution in [0.3, 0.4) is 0 Å². The van der Waals surface area contributed by atoms with Gasteiger partial charge in [-0.05, 0) is 36.4 Å². The average molecular weight is 435 g/mol. The van der Waals surface area contributed by atoms with Crippen molar-refractivity contribution in [3.63, 3.8) is 0 Å². The van der Waals surface area contributed by atoms with Gasteiger partial charge in [0, 0.05) is 6.08 Å². The van der Waals surface area contributed by atoms with Crippen molar-refractivity contribution in [1.82, 2.24) is 4.98 Å². The zero-order chi connectivity index (χ0) is 21.1. The van der Waals surface area contributed by atoms with Gasteiger partial charge in [-0.25, -0.2) is 13.4 Å². The number of thiazole rings is 1. The lowest BCUT2D eigenvalue weighted by Crippen LogP contribution is -2.13. The molecule has 4 aromatic rings. The van der Waals surface area contributed by atoms with Crippen LogP contribution < -0.4 is 5.32 Å². The zero-order valence-electron chi connectivity index (χ0n) is 15.3. The van der Waals surface area contributed by atoms with E-state index in [0.717, 1.165) is 10.2 Å². The monoisotopic (exact) mass is 435 g/mol. The van der Waals surface area contributed by atoms with Gasteiger partial charge >= 0.3 is 0 Å². The molecule has 4 rings (SSSR count). The molecule has 0 saturated heterocycles. The number of nitriles is 1. The quantitative estimate of drug-likeness (QED) is 0.370. The van der Waals surface area contributed by atoms with Crippen molar-refractivity contribution in [1.29, 1.82) is 5.26 Å². The zero-order valence-corrected chi connectivity index (χ0v) is 16.9. The highest BCUT2D eigenvalue weighted by Crippen LogP contribution is 2.26. The van der Waals surface area contributed by atoms with Crippen LogP contribution in [0.2, 0.25) is 0 Å². The Morgan fingerprint density at radius 3 is 2.53 bits per heavy atom.